The van der Waals surface area contributed by atoms with Crippen molar-refractivity contribution in [2.75, 3.05) is 24.5 Å². The van der Waals surface area contributed by atoms with E-state index in [1.54, 1.807) is 4.90 Å². The van der Waals surface area contributed by atoms with Gasteiger partial charge < -0.3 is 10.1 Å². The predicted molar refractivity (Wildman–Crippen MR) is 81.1 cm³/mol. The maximum Gasteiger partial charge on any atom is 0.328 e. The molecule has 6 nitrogen and oxygen atoms in total. The first-order valence-corrected chi connectivity index (χ1v) is 7.79. The third kappa shape index (κ3) is 2.23. The first-order valence-electron chi connectivity index (χ1n) is 7.79. The molecule has 3 amide bonds. The van der Waals surface area contributed by atoms with Crippen molar-refractivity contribution in [2.24, 2.45) is 0 Å². The van der Waals surface area contributed by atoms with Crippen LogP contribution in [-0.4, -0.2) is 37.2 Å². The van der Waals surface area contributed by atoms with Crippen molar-refractivity contribution in [2.45, 2.75) is 31.3 Å². The van der Waals surface area contributed by atoms with Gasteiger partial charge in [-0.05, 0) is 44.1 Å². The number of amides is 3. The second-order valence-electron chi connectivity index (χ2n) is 6.26. The molecule has 0 bridgehead atoms. The Kier molecular flexibility index (Phi) is 3.07. The van der Waals surface area contributed by atoms with Gasteiger partial charge in [0.05, 0.1) is 0 Å². The number of fused-ring (bicyclic) bond motifs is 1. The topological polar surface area (TPSA) is 70.7 Å². The minimum absolute atomic E-state index is 0.0771. The highest BCUT2D eigenvalue weighted by Gasteiger charge is 2.40. The van der Waals surface area contributed by atoms with Crippen molar-refractivity contribution in [3.05, 3.63) is 23.8 Å². The van der Waals surface area contributed by atoms with Crippen LogP contribution in [0.1, 0.15) is 24.8 Å². The van der Waals surface area contributed by atoms with Crippen molar-refractivity contribution in [3.63, 3.8) is 0 Å². The molecule has 0 unspecified atom stereocenters. The fraction of sp³-hybridized carbons (Fsp3) is 0.500. The number of benzene rings is 1. The molecule has 1 spiro atoms. The Hall–Kier alpha value is -2.08. The maximum atomic E-state index is 12.0. The number of piperidine rings is 1. The van der Waals surface area contributed by atoms with Crippen LogP contribution < -0.4 is 20.3 Å². The van der Waals surface area contributed by atoms with Crippen molar-refractivity contribution in [1.29, 1.82) is 0 Å². The van der Waals surface area contributed by atoms with E-state index in [0.29, 0.717) is 13.0 Å². The summed E-state index contributed by atoms with van der Waals surface area (Å²) in [5.74, 6) is 0.721. The molecule has 1 aromatic rings. The fourth-order valence-electron chi connectivity index (χ4n) is 3.56. The normalized spacial score (nSPS) is 23.2. The molecular formula is C16H19N3O3. The van der Waals surface area contributed by atoms with Gasteiger partial charge in [-0.25, -0.2) is 4.79 Å². The Balaban J connectivity index is 1.58. The summed E-state index contributed by atoms with van der Waals surface area (Å²) in [6.07, 6.45) is 3.26. The van der Waals surface area contributed by atoms with Crippen LogP contribution in [0, 0.1) is 0 Å². The number of hydrogen-bond donors (Lipinski definition) is 2. The minimum atomic E-state index is -0.341. The van der Waals surface area contributed by atoms with E-state index in [9.17, 15) is 9.59 Å². The van der Waals surface area contributed by atoms with Crippen LogP contribution >= 0.6 is 0 Å². The summed E-state index contributed by atoms with van der Waals surface area (Å²) < 4.78 is 6.21. The number of ether oxygens (including phenoxy) is 1. The standard InChI is InChI=1S/C16H19N3O3/c20-14-3-8-19(15(21)18-14)12-1-2-13-11(9-12)10-16(22-13)4-6-17-7-5-16/h1-2,9,17H,3-8,10H2,(H,18,20,21). The molecule has 0 saturated carbocycles. The number of rotatable bonds is 1. The average Bonchev–Trinajstić information content (AvgIpc) is 2.84. The molecule has 0 aromatic heterocycles. The Morgan fingerprint density at radius 1 is 1.18 bits per heavy atom. The van der Waals surface area contributed by atoms with Gasteiger partial charge in [-0.15, -0.1) is 0 Å². The second-order valence-corrected chi connectivity index (χ2v) is 6.26. The number of nitrogens with zero attached hydrogens (tertiary/aromatic N) is 1. The van der Waals surface area contributed by atoms with Gasteiger partial charge in [0.2, 0.25) is 5.91 Å². The lowest BCUT2D eigenvalue weighted by molar-refractivity contribution is -0.120. The second kappa shape index (κ2) is 4.98. The molecule has 0 radical (unpaired) electrons. The zero-order chi connectivity index (χ0) is 15.2. The summed E-state index contributed by atoms with van der Waals surface area (Å²) in [6, 6.07) is 5.53. The van der Waals surface area contributed by atoms with E-state index in [4.69, 9.17) is 4.74 Å². The van der Waals surface area contributed by atoms with Crippen LogP contribution in [0.2, 0.25) is 0 Å². The summed E-state index contributed by atoms with van der Waals surface area (Å²) in [5, 5.41) is 5.72. The highest BCUT2D eigenvalue weighted by Crippen LogP contribution is 2.41. The Morgan fingerprint density at radius 2 is 2.00 bits per heavy atom. The number of carbonyl (C=O) groups is 2. The third-order valence-corrected chi connectivity index (χ3v) is 4.76. The summed E-state index contributed by atoms with van der Waals surface area (Å²) in [5.41, 5.74) is 1.91. The summed E-state index contributed by atoms with van der Waals surface area (Å²) in [6.45, 7) is 2.40. The van der Waals surface area contributed by atoms with Gasteiger partial charge in [-0.1, -0.05) is 0 Å². The van der Waals surface area contributed by atoms with Crippen molar-refractivity contribution in [3.8, 4) is 5.75 Å². The van der Waals surface area contributed by atoms with Crippen molar-refractivity contribution < 1.29 is 14.3 Å². The zero-order valence-electron chi connectivity index (χ0n) is 12.4. The molecule has 2 saturated heterocycles. The van der Waals surface area contributed by atoms with E-state index < -0.39 is 0 Å². The predicted octanol–water partition coefficient (Wildman–Crippen LogP) is 1.19. The Bertz CT molecular complexity index is 638. The molecule has 2 fully saturated rings. The molecule has 116 valence electrons. The molecule has 3 aliphatic heterocycles. The van der Waals surface area contributed by atoms with Crippen LogP contribution in [-0.2, 0) is 11.2 Å². The number of urea groups is 1. The smallest absolute Gasteiger partial charge is 0.328 e. The number of nitrogens with one attached hydrogen (secondary N) is 2. The van der Waals surface area contributed by atoms with E-state index in [1.165, 1.54) is 0 Å². The van der Waals surface area contributed by atoms with Crippen LogP contribution in [0.15, 0.2) is 18.2 Å². The lowest BCUT2D eigenvalue weighted by Gasteiger charge is -2.33. The number of carbonyl (C=O) groups excluding carboxylic acids is 2. The van der Waals surface area contributed by atoms with E-state index in [2.05, 4.69) is 10.6 Å². The molecule has 0 atom stereocenters. The monoisotopic (exact) mass is 301 g/mol. The lowest BCUT2D eigenvalue weighted by Crippen LogP contribution is -2.49. The van der Waals surface area contributed by atoms with E-state index in [1.807, 2.05) is 18.2 Å². The van der Waals surface area contributed by atoms with Gasteiger partial charge in [0.15, 0.2) is 0 Å². The molecule has 2 N–H and O–H groups in total. The molecule has 3 aliphatic rings. The fourth-order valence-corrected chi connectivity index (χ4v) is 3.56. The maximum absolute atomic E-state index is 12.0. The van der Waals surface area contributed by atoms with Gasteiger partial charge in [0, 0.05) is 30.6 Å². The third-order valence-electron chi connectivity index (χ3n) is 4.76. The summed E-state index contributed by atoms with van der Waals surface area (Å²) >= 11 is 0. The van der Waals surface area contributed by atoms with Gasteiger partial charge in [-0.3, -0.25) is 15.0 Å². The largest absolute Gasteiger partial charge is 0.487 e. The van der Waals surface area contributed by atoms with Gasteiger partial charge in [0.1, 0.15) is 11.4 Å². The Morgan fingerprint density at radius 3 is 2.77 bits per heavy atom. The molecule has 1 aromatic carbocycles. The molecule has 6 heteroatoms. The minimum Gasteiger partial charge on any atom is -0.487 e. The zero-order valence-corrected chi connectivity index (χ0v) is 12.4. The van der Waals surface area contributed by atoms with Crippen molar-refractivity contribution in [1.82, 2.24) is 10.6 Å². The lowest BCUT2D eigenvalue weighted by atomic mass is 9.88. The SMILES string of the molecule is O=C1CCN(c2ccc3c(c2)CC2(CCNCC2)O3)C(=O)N1. The quantitative estimate of drug-likeness (QED) is 0.817. The molecular weight excluding hydrogens is 282 g/mol. The first-order chi connectivity index (χ1) is 10.7. The first kappa shape index (κ1) is 13.6. The van der Waals surface area contributed by atoms with Crippen LogP contribution in [0.3, 0.4) is 0 Å². The van der Waals surface area contributed by atoms with Crippen LogP contribution in [0.25, 0.3) is 0 Å². The van der Waals surface area contributed by atoms with Gasteiger partial charge in [-0.2, -0.15) is 0 Å². The molecule has 22 heavy (non-hydrogen) atoms. The molecule has 4 rings (SSSR count). The van der Waals surface area contributed by atoms with Crippen LogP contribution in [0.4, 0.5) is 10.5 Å². The number of hydrogen-bond acceptors (Lipinski definition) is 4. The van der Waals surface area contributed by atoms with Crippen LogP contribution in [0.5, 0.6) is 5.75 Å². The highest BCUT2D eigenvalue weighted by atomic mass is 16.5. The highest BCUT2D eigenvalue weighted by molar-refractivity contribution is 6.05. The summed E-state index contributed by atoms with van der Waals surface area (Å²) in [4.78, 5) is 24.8. The number of anilines is 1. The van der Waals surface area contributed by atoms with E-state index >= 15 is 0 Å². The molecule has 3 heterocycles. The number of imide groups is 1. The van der Waals surface area contributed by atoms with Gasteiger partial charge >= 0.3 is 6.03 Å². The van der Waals surface area contributed by atoms with E-state index in [0.717, 1.165) is 49.4 Å². The molecule has 0 aliphatic carbocycles. The summed E-state index contributed by atoms with van der Waals surface area (Å²) in [7, 11) is 0. The Labute approximate surface area is 128 Å². The van der Waals surface area contributed by atoms with Crippen molar-refractivity contribution >= 4 is 17.6 Å². The average molecular weight is 301 g/mol. The van der Waals surface area contributed by atoms with E-state index in [-0.39, 0.29) is 17.5 Å². The van der Waals surface area contributed by atoms with Gasteiger partial charge in [0.25, 0.3) is 0 Å².